The van der Waals surface area contributed by atoms with Gasteiger partial charge in [0.1, 0.15) is 0 Å². The summed E-state index contributed by atoms with van der Waals surface area (Å²) >= 11 is 5.54. The molecule has 1 nitrogen and oxygen atoms in total. The summed E-state index contributed by atoms with van der Waals surface area (Å²) in [7, 11) is 0. The zero-order chi connectivity index (χ0) is 14.9. The molecule has 0 aliphatic carbocycles. The Bertz CT molecular complexity index is 664. The van der Waals surface area contributed by atoms with E-state index >= 15 is 0 Å². The van der Waals surface area contributed by atoms with Crippen LogP contribution < -0.4 is 0 Å². The van der Waals surface area contributed by atoms with Gasteiger partial charge in [-0.3, -0.25) is 4.79 Å². The van der Waals surface area contributed by atoms with Gasteiger partial charge >= 0.3 is 6.18 Å². The summed E-state index contributed by atoms with van der Waals surface area (Å²) in [5.41, 5.74) is -1.58. The van der Waals surface area contributed by atoms with Gasteiger partial charge in [-0.2, -0.15) is 13.2 Å². The normalized spacial score (nSPS) is 11.4. The first-order valence-electron chi connectivity index (χ1n) is 5.46. The average Bonchev–Trinajstić information content (AvgIpc) is 2.40. The van der Waals surface area contributed by atoms with Gasteiger partial charge in [-0.1, -0.05) is 29.8 Å². The Morgan fingerprint density at radius 1 is 1.05 bits per heavy atom. The lowest BCUT2D eigenvalue weighted by Gasteiger charge is -2.09. The molecule has 0 radical (unpaired) electrons. The molecule has 2 rings (SSSR count). The van der Waals surface area contributed by atoms with Gasteiger partial charge in [-0.15, -0.1) is 0 Å². The second-order valence-corrected chi connectivity index (χ2v) is 4.42. The van der Waals surface area contributed by atoms with E-state index in [1.54, 1.807) is 0 Å². The molecule has 0 aromatic heterocycles. The summed E-state index contributed by atoms with van der Waals surface area (Å²) in [6, 6.07) is 7.58. The molecule has 0 saturated heterocycles. The molecule has 6 heteroatoms. The molecule has 0 amide bonds. The topological polar surface area (TPSA) is 17.1 Å². The molecule has 0 atom stereocenters. The van der Waals surface area contributed by atoms with Crippen molar-refractivity contribution in [3.63, 3.8) is 0 Å². The fourth-order valence-corrected chi connectivity index (χ4v) is 1.85. The van der Waals surface area contributed by atoms with Crippen LogP contribution in [0.2, 0.25) is 5.02 Å². The minimum absolute atomic E-state index is 0.249. The number of hydrogen-bond donors (Lipinski definition) is 0. The summed E-state index contributed by atoms with van der Waals surface area (Å²) in [4.78, 5) is 12.0. The monoisotopic (exact) mass is 302 g/mol. The van der Waals surface area contributed by atoms with Crippen LogP contribution in [-0.4, -0.2) is 5.78 Å². The second kappa shape index (κ2) is 5.25. The fourth-order valence-electron chi connectivity index (χ4n) is 1.67. The minimum atomic E-state index is -4.57. The highest BCUT2D eigenvalue weighted by Crippen LogP contribution is 2.30. The van der Waals surface area contributed by atoms with Crippen molar-refractivity contribution in [3.05, 3.63) is 70.0 Å². The standard InChI is InChI=1S/C14H7ClF4O/c15-11-6-2-5-10(12(11)16)13(20)8-3-1-4-9(7-8)14(17,18)19/h1-7H. The number of halogens is 5. The first kappa shape index (κ1) is 14.5. The number of hydrogen-bond acceptors (Lipinski definition) is 1. The summed E-state index contributed by atoms with van der Waals surface area (Å²) in [6.45, 7) is 0. The summed E-state index contributed by atoms with van der Waals surface area (Å²) in [5, 5.41) is -0.261. The Kier molecular flexibility index (Phi) is 3.81. The molecule has 0 unspecified atom stereocenters. The number of benzene rings is 2. The molecule has 20 heavy (non-hydrogen) atoms. The highest BCUT2D eigenvalue weighted by atomic mass is 35.5. The number of carbonyl (C=O) groups excluding carboxylic acids is 1. The van der Waals surface area contributed by atoms with Crippen LogP contribution in [0.1, 0.15) is 21.5 Å². The maximum atomic E-state index is 13.7. The molecule has 2 aromatic carbocycles. The van der Waals surface area contributed by atoms with E-state index < -0.39 is 23.3 Å². The van der Waals surface area contributed by atoms with Crippen LogP contribution in [0.15, 0.2) is 42.5 Å². The van der Waals surface area contributed by atoms with Gasteiger partial charge in [0.2, 0.25) is 0 Å². The van der Waals surface area contributed by atoms with Crippen LogP contribution in [0.3, 0.4) is 0 Å². The van der Waals surface area contributed by atoms with E-state index in [1.807, 2.05) is 0 Å². The molecule has 2 aromatic rings. The van der Waals surface area contributed by atoms with E-state index in [0.29, 0.717) is 6.07 Å². The van der Waals surface area contributed by atoms with Gasteiger partial charge in [0.25, 0.3) is 0 Å². The van der Waals surface area contributed by atoms with Crippen LogP contribution >= 0.6 is 11.6 Å². The van der Waals surface area contributed by atoms with E-state index in [1.165, 1.54) is 24.3 Å². The molecular formula is C14H7ClF4O. The van der Waals surface area contributed by atoms with Crippen LogP contribution in [0.5, 0.6) is 0 Å². The van der Waals surface area contributed by atoms with Crippen LogP contribution in [-0.2, 0) is 6.18 Å². The van der Waals surface area contributed by atoms with E-state index in [9.17, 15) is 22.4 Å². The van der Waals surface area contributed by atoms with Crippen molar-refractivity contribution >= 4 is 17.4 Å². The minimum Gasteiger partial charge on any atom is -0.288 e. The lowest BCUT2D eigenvalue weighted by Crippen LogP contribution is -2.09. The van der Waals surface area contributed by atoms with Crippen LogP contribution in [0.4, 0.5) is 17.6 Å². The van der Waals surface area contributed by atoms with Gasteiger partial charge < -0.3 is 0 Å². The van der Waals surface area contributed by atoms with Crippen molar-refractivity contribution in [3.8, 4) is 0 Å². The van der Waals surface area contributed by atoms with Crippen LogP contribution in [0.25, 0.3) is 0 Å². The third-order valence-corrected chi connectivity index (χ3v) is 2.94. The number of ketones is 1. The van der Waals surface area contributed by atoms with Crippen LogP contribution in [0, 0.1) is 5.82 Å². The Labute approximate surface area is 116 Å². The predicted octanol–water partition coefficient (Wildman–Crippen LogP) is 4.73. The number of alkyl halides is 3. The van der Waals surface area contributed by atoms with E-state index in [4.69, 9.17) is 11.6 Å². The highest BCUT2D eigenvalue weighted by molar-refractivity contribution is 6.31. The predicted molar refractivity (Wildman–Crippen MR) is 66.3 cm³/mol. The largest absolute Gasteiger partial charge is 0.416 e. The van der Waals surface area contributed by atoms with Crippen molar-refractivity contribution < 1.29 is 22.4 Å². The van der Waals surface area contributed by atoms with Crippen molar-refractivity contribution in [2.45, 2.75) is 6.18 Å². The Balaban J connectivity index is 2.47. The molecule has 0 spiro atoms. The maximum Gasteiger partial charge on any atom is 0.416 e. The Hall–Kier alpha value is -1.88. The molecule has 0 aliphatic rings. The zero-order valence-electron chi connectivity index (χ0n) is 9.84. The summed E-state index contributed by atoms with van der Waals surface area (Å²) < 4.78 is 51.4. The molecular weight excluding hydrogens is 296 g/mol. The lowest BCUT2D eigenvalue weighted by atomic mass is 10.0. The van der Waals surface area contributed by atoms with Gasteiger partial charge in [0.05, 0.1) is 16.1 Å². The number of carbonyl (C=O) groups is 1. The van der Waals surface area contributed by atoms with Crippen molar-refractivity contribution in [2.75, 3.05) is 0 Å². The van der Waals surface area contributed by atoms with Crippen molar-refractivity contribution in [1.29, 1.82) is 0 Å². The lowest BCUT2D eigenvalue weighted by molar-refractivity contribution is -0.137. The smallest absolute Gasteiger partial charge is 0.288 e. The Morgan fingerprint density at radius 2 is 1.70 bits per heavy atom. The Morgan fingerprint density at radius 3 is 2.35 bits per heavy atom. The summed E-state index contributed by atoms with van der Waals surface area (Å²) in [6.07, 6.45) is -4.57. The van der Waals surface area contributed by atoms with Gasteiger partial charge in [0, 0.05) is 5.56 Å². The van der Waals surface area contributed by atoms with E-state index in [0.717, 1.165) is 12.1 Å². The van der Waals surface area contributed by atoms with Gasteiger partial charge in [-0.25, -0.2) is 4.39 Å². The van der Waals surface area contributed by atoms with E-state index in [-0.39, 0.29) is 16.1 Å². The maximum absolute atomic E-state index is 13.7. The average molecular weight is 303 g/mol. The highest BCUT2D eigenvalue weighted by Gasteiger charge is 2.31. The van der Waals surface area contributed by atoms with E-state index in [2.05, 4.69) is 0 Å². The molecule has 0 N–H and O–H groups in total. The fraction of sp³-hybridized carbons (Fsp3) is 0.0714. The summed E-state index contributed by atoms with van der Waals surface area (Å²) in [5.74, 6) is -1.80. The van der Waals surface area contributed by atoms with Crippen molar-refractivity contribution in [1.82, 2.24) is 0 Å². The molecule has 0 fully saturated rings. The third kappa shape index (κ3) is 2.82. The third-order valence-electron chi connectivity index (χ3n) is 2.65. The molecule has 0 aliphatic heterocycles. The molecule has 0 saturated carbocycles. The number of rotatable bonds is 2. The zero-order valence-corrected chi connectivity index (χ0v) is 10.6. The van der Waals surface area contributed by atoms with Gasteiger partial charge in [-0.05, 0) is 24.3 Å². The molecule has 0 heterocycles. The first-order chi connectivity index (χ1) is 9.30. The van der Waals surface area contributed by atoms with Gasteiger partial charge in [0.15, 0.2) is 11.6 Å². The second-order valence-electron chi connectivity index (χ2n) is 4.01. The molecule has 0 bridgehead atoms. The SMILES string of the molecule is O=C(c1cccc(C(F)(F)F)c1)c1cccc(Cl)c1F. The first-order valence-corrected chi connectivity index (χ1v) is 5.84. The quantitative estimate of drug-likeness (QED) is 0.579. The molecule has 104 valence electrons. The van der Waals surface area contributed by atoms with Crippen molar-refractivity contribution in [2.24, 2.45) is 0 Å².